The highest BCUT2D eigenvalue weighted by atomic mass is 19.1. The molecule has 2 fully saturated rings. The van der Waals surface area contributed by atoms with Crippen LogP contribution < -0.4 is 0 Å². The summed E-state index contributed by atoms with van der Waals surface area (Å²) >= 11 is 0. The molecule has 4 heterocycles. The molecule has 144 valence electrons. The van der Waals surface area contributed by atoms with E-state index in [0.717, 1.165) is 5.56 Å². The normalized spacial score (nSPS) is 18.8. The Balaban J connectivity index is 1.51. The Morgan fingerprint density at radius 3 is 2.46 bits per heavy atom. The second kappa shape index (κ2) is 6.68. The Labute approximate surface area is 161 Å². The van der Waals surface area contributed by atoms with Crippen LogP contribution >= 0.6 is 0 Å². The van der Waals surface area contributed by atoms with Crippen molar-refractivity contribution in [2.45, 2.75) is 18.6 Å². The van der Waals surface area contributed by atoms with E-state index >= 15 is 0 Å². The van der Waals surface area contributed by atoms with Crippen molar-refractivity contribution in [1.82, 2.24) is 14.3 Å². The number of hydrogen-bond donors (Lipinski definition) is 0. The van der Waals surface area contributed by atoms with Crippen molar-refractivity contribution in [1.29, 1.82) is 0 Å². The van der Waals surface area contributed by atoms with Crippen LogP contribution in [0.5, 0.6) is 0 Å². The molecule has 0 atom stereocenters. The minimum absolute atomic E-state index is 0.129. The monoisotopic (exact) mass is 381 g/mol. The Morgan fingerprint density at radius 1 is 1.04 bits per heavy atom. The number of carbonyl (C=O) groups excluding carboxylic acids is 1. The molecule has 0 saturated carbocycles. The van der Waals surface area contributed by atoms with Crippen LogP contribution in [0, 0.1) is 5.82 Å². The number of likely N-dealkylation sites (tertiary alicyclic amines) is 1. The lowest BCUT2D eigenvalue weighted by Crippen LogP contribution is -2.47. The van der Waals surface area contributed by atoms with Gasteiger partial charge in [-0.2, -0.15) is 0 Å². The zero-order chi connectivity index (χ0) is 19.1. The third-order valence-corrected chi connectivity index (χ3v) is 5.48. The van der Waals surface area contributed by atoms with E-state index in [-0.39, 0.29) is 11.7 Å². The molecule has 28 heavy (non-hydrogen) atoms. The van der Waals surface area contributed by atoms with E-state index in [0.29, 0.717) is 56.2 Å². The van der Waals surface area contributed by atoms with Gasteiger partial charge in [-0.3, -0.25) is 9.20 Å². The summed E-state index contributed by atoms with van der Waals surface area (Å²) in [6, 6.07) is 11.8. The van der Waals surface area contributed by atoms with Gasteiger partial charge in [-0.15, -0.1) is 0 Å². The molecule has 6 nitrogen and oxygen atoms in total. The SMILES string of the molecule is O=C(c1nc2ccccn2c1-c1ccc(F)cc1)N1CCC2(CC1)OCCO2. The van der Waals surface area contributed by atoms with Gasteiger partial charge >= 0.3 is 0 Å². The third kappa shape index (κ3) is 2.87. The average Bonchev–Trinajstić information content (AvgIpc) is 3.34. The summed E-state index contributed by atoms with van der Waals surface area (Å²) < 4.78 is 26.8. The Kier molecular flexibility index (Phi) is 4.14. The van der Waals surface area contributed by atoms with Crippen LogP contribution in [-0.4, -0.2) is 52.3 Å². The fraction of sp³-hybridized carbons (Fsp3) is 0.333. The number of pyridine rings is 1. The van der Waals surface area contributed by atoms with Crippen LogP contribution in [0.1, 0.15) is 23.3 Å². The number of imidazole rings is 1. The van der Waals surface area contributed by atoms with Gasteiger partial charge < -0.3 is 14.4 Å². The number of hydrogen-bond acceptors (Lipinski definition) is 4. The maximum Gasteiger partial charge on any atom is 0.274 e. The van der Waals surface area contributed by atoms with Crippen molar-refractivity contribution < 1.29 is 18.7 Å². The quantitative estimate of drug-likeness (QED) is 0.684. The second-order valence-electron chi connectivity index (χ2n) is 7.14. The number of nitrogens with zero attached hydrogens (tertiary/aromatic N) is 3. The summed E-state index contributed by atoms with van der Waals surface area (Å²) in [5.41, 5.74) is 2.48. The first-order valence-electron chi connectivity index (χ1n) is 9.45. The standard InChI is InChI=1S/C21H20FN3O3/c22-16-6-4-15(5-7-16)19-18(23-17-3-1-2-10-25(17)19)20(26)24-11-8-21(9-12-24)27-13-14-28-21/h1-7,10H,8-9,11-14H2. The number of fused-ring (bicyclic) bond motifs is 1. The number of amides is 1. The zero-order valence-corrected chi connectivity index (χ0v) is 15.3. The molecule has 7 heteroatoms. The lowest BCUT2D eigenvalue weighted by molar-refractivity contribution is -0.181. The van der Waals surface area contributed by atoms with Crippen molar-refractivity contribution in [3.63, 3.8) is 0 Å². The second-order valence-corrected chi connectivity index (χ2v) is 7.14. The molecule has 5 rings (SSSR count). The van der Waals surface area contributed by atoms with Gasteiger partial charge in [0.25, 0.3) is 5.91 Å². The van der Waals surface area contributed by atoms with E-state index < -0.39 is 5.79 Å². The summed E-state index contributed by atoms with van der Waals surface area (Å²) in [6.07, 6.45) is 3.17. The molecule has 0 N–H and O–H groups in total. The van der Waals surface area contributed by atoms with Crippen LogP contribution in [0.15, 0.2) is 48.7 Å². The van der Waals surface area contributed by atoms with Crippen molar-refractivity contribution in [3.05, 3.63) is 60.2 Å². The molecule has 2 aliphatic rings. The Bertz CT molecular complexity index is 1020. The predicted octanol–water partition coefficient (Wildman–Crippen LogP) is 3.12. The molecular formula is C21H20FN3O3. The van der Waals surface area contributed by atoms with Gasteiger partial charge in [0.2, 0.25) is 0 Å². The van der Waals surface area contributed by atoms with Crippen molar-refractivity contribution in [3.8, 4) is 11.3 Å². The smallest absolute Gasteiger partial charge is 0.274 e. The fourth-order valence-corrected chi connectivity index (χ4v) is 4.01. The van der Waals surface area contributed by atoms with Crippen molar-refractivity contribution in [2.24, 2.45) is 0 Å². The van der Waals surface area contributed by atoms with E-state index in [1.165, 1.54) is 12.1 Å². The Morgan fingerprint density at radius 2 is 1.75 bits per heavy atom. The molecule has 2 aliphatic heterocycles. The Hall–Kier alpha value is -2.77. The maximum absolute atomic E-state index is 13.4. The summed E-state index contributed by atoms with van der Waals surface area (Å²) in [6.45, 7) is 2.31. The van der Waals surface area contributed by atoms with E-state index in [2.05, 4.69) is 4.98 Å². The summed E-state index contributed by atoms with van der Waals surface area (Å²) in [5.74, 6) is -0.977. The lowest BCUT2D eigenvalue weighted by Gasteiger charge is -2.37. The number of halogens is 1. The van der Waals surface area contributed by atoms with Gasteiger partial charge in [0, 0.05) is 37.7 Å². The summed E-state index contributed by atoms with van der Waals surface area (Å²) in [4.78, 5) is 19.7. The molecular weight excluding hydrogens is 361 g/mol. The van der Waals surface area contributed by atoms with Crippen molar-refractivity contribution in [2.75, 3.05) is 26.3 Å². The first kappa shape index (κ1) is 17.3. The molecule has 0 unspecified atom stereocenters. The molecule has 2 aromatic heterocycles. The first-order chi connectivity index (χ1) is 13.7. The largest absolute Gasteiger partial charge is 0.347 e. The number of carbonyl (C=O) groups is 1. The highest BCUT2D eigenvalue weighted by Gasteiger charge is 2.41. The molecule has 0 radical (unpaired) electrons. The topological polar surface area (TPSA) is 56.1 Å². The zero-order valence-electron chi connectivity index (χ0n) is 15.3. The van der Waals surface area contributed by atoms with Gasteiger partial charge in [0.15, 0.2) is 11.5 Å². The van der Waals surface area contributed by atoms with Gasteiger partial charge in [0.1, 0.15) is 11.5 Å². The predicted molar refractivity (Wildman–Crippen MR) is 100 cm³/mol. The molecule has 0 bridgehead atoms. The van der Waals surface area contributed by atoms with Crippen LogP contribution in [0.3, 0.4) is 0 Å². The van der Waals surface area contributed by atoms with Crippen LogP contribution in [0.4, 0.5) is 4.39 Å². The van der Waals surface area contributed by atoms with E-state index in [1.54, 1.807) is 17.0 Å². The van der Waals surface area contributed by atoms with Crippen LogP contribution in [0.25, 0.3) is 16.9 Å². The van der Waals surface area contributed by atoms with E-state index in [4.69, 9.17) is 9.47 Å². The maximum atomic E-state index is 13.4. The summed E-state index contributed by atoms with van der Waals surface area (Å²) in [7, 11) is 0. The highest BCUT2D eigenvalue weighted by Crippen LogP contribution is 2.33. The number of aromatic nitrogens is 2. The van der Waals surface area contributed by atoms with E-state index in [1.807, 2.05) is 28.8 Å². The molecule has 2 saturated heterocycles. The molecule has 1 amide bonds. The van der Waals surface area contributed by atoms with Gasteiger partial charge in [-0.1, -0.05) is 6.07 Å². The van der Waals surface area contributed by atoms with Gasteiger partial charge in [-0.25, -0.2) is 9.37 Å². The first-order valence-corrected chi connectivity index (χ1v) is 9.45. The minimum atomic E-state index is -0.532. The lowest BCUT2D eigenvalue weighted by atomic mass is 10.0. The minimum Gasteiger partial charge on any atom is -0.347 e. The van der Waals surface area contributed by atoms with E-state index in [9.17, 15) is 9.18 Å². The average molecular weight is 381 g/mol. The van der Waals surface area contributed by atoms with Gasteiger partial charge in [0.05, 0.1) is 18.9 Å². The molecule has 3 aromatic rings. The molecule has 0 aliphatic carbocycles. The van der Waals surface area contributed by atoms with Gasteiger partial charge in [-0.05, 0) is 36.4 Å². The van der Waals surface area contributed by atoms with Crippen molar-refractivity contribution >= 4 is 11.6 Å². The molecule has 1 aromatic carbocycles. The van der Waals surface area contributed by atoms with Crippen LogP contribution in [-0.2, 0) is 9.47 Å². The summed E-state index contributed by atoms with van der Waals surface area (Å²) in [5, 5.41) is 0. The number of ether oxygens (including phenoxy) is 2. The highest BCUT2D eigenvalue weighted by molar-refractivity contribution is 5.99. The molecule has 1 spiro atoms. The number of piperidine rings is 1. The number of benzene rings is 1. The third-order valence-electron chi connectivity index (χ3n) is 5.48. The van der Waals surface area contributed by atoms with Crippen LogP contribution in [0.2, 0.25) is 0 Å². The fourth-order valence-electron chi connectivity index (χ4n) is 4.01. The number of rotatable bonds is 2.